The molecule has 1 saturated carbocycles. The van der Waals surface area contributed by atoms with Crippen molar-refractivity contribution >= 4 is 12.4 Å². The van der Waals surface area contributed by atoms with E-state index in [1.54, 1.807) is 0 Å². The van der Waals surface area contributed by atoms with E-state index < -0.39 is 0 Å². The molecule has 0 aromatic carbocycles. The molecule has 0 aromatic heterocycles. The van der Waals surface area contributed by atoms with Gasteiger partial charge in [-0.2, -0.15) is 0 Å². The van der Waals surface area contributed by atoms with E-state index in [1.807, 2.05) is 0 Å². The lowest BCUT2D eigenvalue weighted by molar-refractivity contribution is 0.284. The molecule has 1 aliphatic carbocycles. The fraction of sp³-hybridized carbons (Fsp3) is 1.00. The first-order chi connectivity index (χ1) is 6.95. The van der Waals surface area contributed by atoms with Gasteiger partial charge in [-0.25, -0.2) is 0 Å². The van der Waals surface area contributed by atoms with E-state index in [0.29, 0.717) is 0 Å². The van der Waals surface area contributed by atoms with Crippen molar-refractivity contribution in [2.45, 2.75) is 38.5 Å². The average Bonchev–Trinajstić information content (AvgIpc) is 3.01. The standard InChI is InChI=1S/C12H24N2.ClH/c1-2-4-9-14(8-3-1)10-7-13-11-12-5-6-12;/h12-13H,1-11H2;1H. The first-order valence-electron chi connectivity index (χ1n) is 6.38. The molecule has 0 unspecified atom stereocenters. The lowest BCUT2D eigenvalue weighted by Crippen LogP contribution is -2.33. The minimum Gasteiger partial charge on any atom is -0.315 e. The Hall–Kier alpha value is 0.210. The van der Waals surface area contributed by atoms with Crippen LogP contribution < -0.4 is 5.32 Å². The van der Waals surface area contributed by atoms with Crippen LogP contribution in [0, 0.1) is 5.92 Å². The Labute approximate surface area is 100 Å². The second-order valence-corrected chi connectivity index (χ2v) is 4.90. The molecule has 2 aliphatic rings. The van der Waals surface area contributed by atoms with Crippen molar-refractivity contribution in [3.8, 4) is 0 Å². The third-order valence-corrected chi connectivity index (χ3v) is 3.43. The first-order valence-corrected chi connectivity index (χ1v) is 6.38. The summed E-state index contributed by atoms with van der Waals surface area (Å²) >= 11 is 0. The van der Waals surface area contributed by atoms with E-state index in [9.17, 15) is 0 Å². The molecule has 90 valence electrons. The molecule has 0 bridgehead atoms. The Bertz CT molecular complexity index is 152. The molecule has 1 saturated heterocycles. The predicted octanol–water partition coefficient (Wildman–Crippen LogP) is 2.28. The molecule has 0 aromatic rings. The van der Waals surface area contributed by atoms with E-state index in [1.165, 1.54) is 71.2 Å². The van der Waals surface area contributed by atoms with Crippen molar-refractivity contribution in [3.05, 3.63) is 0 Å². The fourth-order valence-electron chi connectivity index (χ4n) is 2.23. The van der Waals surface area contributed by atoms with Crippen LogP contribution in [0.4, 0.5) is 0 Å². The van der Waals surface area contributed by atoms with E-state index in [4.69, 9.17) is 0 Å². The van der Waals surface area contributed by atoms with Gasteiger partial charge in [-0.05, 0) is 51.2 Å². The Kier molecular flexibility index (Phi) is 6.62. The second kappa shape index (κ2) is 7.48. The highest BCUT2D eigenvalue weighted by molar-refractivity contribution is 5.85. The van der Waals surface area contributed by atoms with E-state index >= 15 is 0 Å². The molecule has 2 nitrogen and oxygen atoms in total. The number of hydrogen-bond donors (Lipinski definition) is 1. The molecule has 2 rings (SSSR count). The zero-order valence-electron chi connectivity index (χ0n) is 9.71. The van der Waals surface area contributed by atoms with Crippen molar-refractivity contribution < 1.29 is 0 Å². The van der Waals surface area contributed by atoms with Gasteiger partial charge in [0.1, 0.15) is 0 Å². The van der Waals surface area contributed by atoms with Crippen LogP contribution in [0.25, 0.3) is 0 Å². The molecule has 1 aliphatic heterocycles. The summed E-state index contributed by atoms with van der Waals surface area (Å²) in [5.41, 5.74) is 0. The van der Waals surface area contributed by atoms with Gasteiger partial charge in [-0.3, -0.25) is 0 Å². The smallest absolute Gasteiger partial charge is 0.0107 e. The monoisotopic (exact) mass is 232 g/mol. The largest absolute Gasteiger partial charge is 0.315 e. The third-order valence-electron chi connectivity index (χ3n) is 3.43. The fourth-order valence-corrected chi connectivity index (χ4v) is 2.23. The van der Waals surface area contributed by atoms with E-state index in [2.05, 4.69) is 10.2 Å². The third kappa shape index (κ3) is 5.74. The molecular formula is C12H25ClN2. The van der Waals surface area contributed by atoms with Crippen LogP contribution in [0.3, 0.4) is 0 Å². The van der Waals surface area contributed by atoms with Crippen LogP contribution in [-0.2, 0) is 0 Å². The van der Waals surface area contributed by atoms with Crippen molar-refractivity contribution in [1.29, 1.82) is 0 Å². The summed E-state index contributed by atoms with van der Waals surface area (Å²) in [5.74, 6) is 1.03. The van der Waals surface area contributed by atoms with Crippen molar-refractivity contribution in [2.75, 3.05) is 32.7 Å². The van der Waals surface area contributed by atoms with Crippen LogP contribution in [0.15, 0.2) is 0 Å². The minimum absolute atomic E-state index is 0. The zero-order chi connectivity index (χ0) is 9.64. The lowest BCUT2D eigenvalue weighted by Gasteiger charge is -2.19. The topological polar surface area (TPSA) is 15.3 Å². The Balaban J connectivity index is 0.00000112. The number of rotatable bonds is 5. The number of nitrogens with zero attached hydrogens (tertiary/aromatic N) is 1. The minimum atomic E-state index is 0. The summed E-state index contributed by atoms with van der Waals surface area (Å²) in [5, 5.41) is 3.57. The molecule has 15 heavy (non-hydrogen) atoms. The predicted molar refractivity (Wildman–Crippen MR) is 67.7 cm³/mol. The van der Waals surface area contributed by atoms with Crippen molar-refractivity contribution in [3.63, 3.8) is 0 Å². The summed E-state index contributed by atoms with van der Waals surface area (Å²) in [7, 11) is 0. The average molecular weight is 233 g/mol. The van der Waals surface area contributed by atoms with Gasteiger partial charge >= 0.3 is 0 Å². The van der Waals surface area contributed by atoms with Gasteiger partial charge in [0, 0.05) is 13.1 Å². The highest BCUT2D eigenvalue weighted by Gasteiger charge is 2.20. The number of likely N-dealkylation sites (tertiary alicyclic amines) is 1. The molecule has 3 heteroatoms. The molecule has 1 N–H and O–H groups in total. The Morgan fingerprint density at radius 1 is 1.00 bits per heavy atom. The van der Waals surface area contributed by atoms with Crippen LogP contribution in [-0.4, -0.2) is 37.6 Å². The van der Waals surface area contributed by atoms with E-state index in [0.717, 1.165) is 5.92 Å². The first kappa shape index (κ1) is 13.3. The molecule has 0 amide bonds. The lowest BCUT2D eigenvalue weighted by atomic mass is 10.2. The maximum atomic E-state index is 3.57. The summed E-state index contributed by atoms with van der Waals surface area (Å²) in [6, 6.07) is 0. The zero-order valence-corrected chi connectivity index (χ0v) is 10.5. The van der Waals surface area contributed by atoms with E-state index in [-0.39, 0.29) is 12.4 Å². The van der Waals surface area contributed by atoms with Crippen molar-refractivity contribution in [1.82, 2.24) is 10.2 Å². The summed E-state index contributed by atoms with van der Waals surface area (Å²) < 4.78 is 0. The molecule has 2 fully saturated rings. The number of nitrogens with one attached hydrogen (secondary N) is 1. The van der Waals surface area contributed by atoms with Crippen LogP contribution in [0.2, 0.25) is 0 Å². The number of hydrogen-bond acceptors (Lipinski definition) is 2. The maximum absolute atomic E-state index is 3.57. The maximum Gasteiger partial charge on any atom is 0.0107 e. The summed E-state index contributed by atoms with van der Waals surface area (Å²) in [6.45, 7) is 6.42. The van der Waals surface area contributed by atoms with Crippen LogP contribution >= 0.6 is 12.4 Å². The normalized spacial score (nSPS) is 23.2. The van der Waals surface area contributed by atoms with Gasteiger partial charge < -0.3 is 10.2 Å². The molecule has 0 atom stereocenters. The quantitative estimate of drug-likeness (QED) is 0.732. The highest BCUT2D eigenvalue weighted by atomic mass is 35.5. The molecular weight excluding hydrogens is 208 g/mol. The molecule has 0 spiro atoms. The summed E-state index contributed by atoms with van der Waals surface area (Å²) in [6.07, 6.45) is 8.68. The van der Waals surface area contributed by atoms with Crippen LogP contribution in [0.1, 0.15) is 38.5 Å². The Morgan fingerprint density at radius 3 is 2.27 bits per heavy atom. The van der Waals surface area contributed by atoms with Crippen molar-refractivity contribution in [2.24, 2.45) is 5.92 Å². The van der Waals surface area contributed by atoms with Gasteiger partial charge in [0.2, 0.25) is 0 Å². The number of halogens is 1. The van der Waals surface area contributed by atoms with Gasteiger partial charge in [0.15, 0.2) is 0 Å². The molecule has 0 radical (unpaired) electrons. The SMILES string of the molecule is C1CCCN(CCNCC2CC2)CC1.Cl. The highest BCUT2D eigenvalue weighted by Crippen LogP contribution is 2.27. The van der Waals surface area contributed by atoms with Gasteiger partial charge in [0.05, 0.1) is 0 Å². The summed E-state index contributed by atoms with van der Waals surface area (Å²) in [4.78, 5) is 2.63. The molecule has 1 heterocycles. The van der Waals surface area contributed by atoms with Gasteiger partial charge in [-0.15, -0.1) is 12.4 Å². The van der Waals surface area contributed by atoms with Gasteiger partial charge in [0.25, 0.3) is 0 Å². The van der Waals surface area contributed by atoms with Gasteiger partial charge in [-0.1, -0.05) is 12.8 Å². The Morgan fingerprint density at radius 2 is 1.67 bits per heavy atom. The van der Waals surface area contributed by atoms with Crippen LogP contribution in [0.5, 0.6) is 0 Å². The second-order valence-electron chi connectivity index (χ2n) is 4.90.